The summed E-state index contributed by atoms with van der Waals surface area (Å²) in [5, 5.41) is 8.09. The van der Waals surface area contributed by atoms with Gasteiger partial charge >= 0.3 is 7.12 Å². The van der Waals surface area contributed by atoms with Gasteiger partial charge < -0.3 is 15.4 Å². The first-order valence-electron chi connectivity index (χ1n) is 1.73. The molecular weight excluding hydrogens is 74.5 g/mol. The molecule has 6 heavy (non-hydrogen) atoms. The van der Waals surface area contributed by atoms with Crippen LogP contribution in [0.3, 0.4) is 0 Å². The van der Waals surface area contributed by atoms with E-state index < -0.39 is 0 Å². The van der Waals surface area contributed by atoms with Gasteiger partial charge in [0.15, 0.2) is 7.98 Å². The molecule has 1 rings (SSSR count). The molecule has 0 amide bonds. The molecular formula is H3B3N3. The van der Waals surface area contributed by atoms with Crippen molar-refractivity contribution in [3.8, 4) is 0 Å². The number of rotatable bonds is 1. The minimum Gasteiger partial charge on any atom is -0.381 e. The Bertz CT molecular complexity index is 38.5. The molecule has 1 aliphatic rings. The van der Waals surface area contributed by atoms with E-state index in [1.165, 1.54) is 0 Å². The average molecular weight is 77.5 g/mol. The number of hydrogen-bond donors (Lipinski definition) is 3. The zero-order chi connectivity index (χ0) is 4.41. The summed E-state index contributed by atoms with van der Waals surface area (Å²) in [5.74, 6) is 0. The molecule has 3 nitrogen and oxygen atoms in total. The molecule has 0 spiro atoms. The van der Waals surface area contributed by atoms with Gasteiger partial charge in [-0.1, -0.05) is 0 Å². The van der Waals surface area contributed by atoms with Crippen LogP contribution < -0.4 is 15.4 Å². The van der Waals surface area contributed by atoms with Crippen molar-refractivity contribution in [2.24, 2.45) is 0 Å². The molecule has 0 bridgehead atoms. The fraction of sp³-hybridized carbons (Fsp3) is 0. The predicted molar refractivity (Wildman–Crippen MR) is 26.7 cm³/mol. The lowest BCUT2D eigenvalue weighted by atomic mass is 9.71. The summed E-state index contributed by atoms with van der Waals surface area (Å²) in [5.41, 5.74) is 0. The molecule has 3 radical (unpaired) electrons. The molecule has 0 aliphatic carbocycles. The van der Waals surface area contributed by atoms with E-state index in [0.717, 1.165) is 0 Å². The molecule has 6 heteroatoms. The first kappa shape index (κ1) is 4.24. The lowest BCUT2D eigenvalue weighted by Gasteiger charge is -2.22. The van der Waals surface area contributed by atoms with E-state index in [2.05, 4.69) is 15.4 Å². The van der Waals surface area contributed by atoms with Crippen molar-refractivity contribution in [3.05, 3.63) is 0 Å². The third-order valence-electron chi connectivity index (χ3n) is 0.667. The highest BCUT2D eigenvalue weighted by molar-refractivity contribution is 6.78. The van der Waals surface area contributed by atoms with Gasteiger partial charge in [-0.15, -0.1) is 0 Å². The zero-order valence-corrected chi connectivity index (χ0v) is 3.23. The molecule has 1 saturated heterocycles. The summed E-state index contributed by atoms with van der Waals surface area (Å²) in [6, 6.07) is 0. The molecule has 0 saturated carbocycles. The molecule has 1 aliphatic heterocycles. The van der Waals surface area contributed by atoms with Gasteiger partial charge in [0, 0.05) is 0 Å². The quantitative estimate of drug-likeness (QED) is 0.300. The van der Waals surface area contributed by atoms with Crippen molar-refractivity contribution in [2.75, 3.05) is 0 Å². The lowest BCUT2D eigenvalue weighted by Crippen LogP contribution is -2.73. The van der Waals surface area contributed by atoms with Crippen molar-refractivity contribution < 1.29 is 0 Å². The molecule has 0 atom stereocenters. The van der Waals surface area contributed by atoms with Crippen molar-refractivity contribution in [1.82, 2.24) is 15.4 Å². The van der Waals surface area contributed by atoms with Crippen LogP contribution >= 0.6 is 0 Å². The second-order valence-electron chi connectivity index (χ2n) is 1.08. The summed E-state index contributed by atoms with van der Waals surface area (Å²) in [7, 11) is 6.74. The van der Waals surface area contributed by atoms with Gasteiger partial charge in [-0.25, -0.2) is 0 Å². The van der Waals surface area contributed by atoms with Gasteiger partial charge in [0.2, 0.25) is 0 Å². The third kappa shape index (κ3) is 0.591. The Balaban J connectivity index is 2.01. The van der Waals surface area contributed by atoms with Crippen LogP contribution in [0.2, 0.25) is 0 Å². The Kier molecular flexibility index (Phi) is 1.19. The lowest BCUT2D eigenvalue weighted by molar-refractivity contribution is 1.15. The van der Waals surface area contributed by atoms with Crippen LogP contribution in [0.1, 0.15) is 0 Å². The summed E-state index contributed by atoms with van der Waals surface area (Å²) < 4.78 is 0. The fourth-order valence-corrected chi connectivity index (χ4v) is 0.263. The van der Waals surface area contributed by atoms with Crippen LogP contribution in [0.25, 0.3) is 0 Å². The van der Waals surface area contributed by atoms with Crippen LogP contribution in [0.5, 0.6) is 0 Å². The Labute approximate surface area is 39.1 Å². The van der Waals surface area contributed by atoms with E-state index >= 15 is 0 Å². The zero-order valence-electron chi connectivity index (χ0n) is 3.23. The Hall–Kier alpha value is 0.0748. The van der Waals surface area contributed by atoms with E-state index in [1.54, 1.807) is 7.55 Å². The highest BCUT2D eigenvalue weighted by atomic mass is 15.1. The first-order chi connectivity index (χ1) is 2.93. The molecule has 0 aromatic carbocycles. The van der Waals surface area contributed by atoms with Crippen LogP contribution in [-0.2, 0) is 0 Å². The Morgan fingerprint density at radius 3 is 2.33 bits per heavy atom. The normalized spacial score (nSPS) is 19.0. The maximum absolute atomic E-state index is 4.94. The monoisotopic (exact) mass is 78.1 g/mol. The van der Waals surface area contributed by atoms with Crippen LogP contribution in [0, 0.1) is 0 Å². The standard InChI is InChI=1S/B3H3N3/c1-4-3-5-2-6-3/h4-6H. The molecule has 1 heterocycles. The van der Waals surface area contributed by atoms with E-state index in [1.807, 2.05) is 0 Å². The van der Waals surface area contributed by atoms with E-state index in [9.17, 15) is 0 Å². The first-order valence-corrected chi connectivity index (χ1v) is 1.73. The van der Waals surface area contributed by atoms with Crippen LogP contribution in [0.15, 0.2) is 0 Å². The van der Waals surface area contributed by atoms with Gasteiger partial charge in [-0.2, -0.15) is 0 Å². The van der Waals surface area contributed by atoms with Crippen molar-refractivity contribution in [2.45, 2.75) is 0 Å². The van der Waals surface area contributed by atoms with E-state index in [0.29, 0.717) is 0 Å². The van der Waals surface area contributed by atoms with Gasteiger partial charge in [0.25, 0.3) is 7.55 Å². The number of hydrogen-bond acceptors (Lipinski definition) is 3. The minimum atomic E-state index is 0.0880. The SMILES string of the molecule is [B]NB1N[B]N1. The summed E-state index contributed by atoms with van der Waals surface area (Å²) >= 11 is 0. The summed E-state index contributed by atoms with van der Waals surface area (Å²) in [6.07, 6.45) is 0. The molecule has 1 fully saturated rings. The average Bonchev–Trinajstić information content (AvgIpc) is 1.31. The maximum atomic E-state index is 4.94. The molecule has 0 aromatic rings. The molecule has 0 aromatic heterocycles. The smallest absolute Gasteiger partial charge is 0.361 e. The van der Waals surface area contributed by atoms with Gasteiger partial charge in [0.1, 0.15) is 0 Å². The van der Waals surface area contributed by atoms with E-state index in [-0.39, 0.29) is 7.12 Å². The highest BCUT2D eigenvalue weighted by Crippen LogP contribution is 1.64. The Morgan fingerprint density at radius 2 is 2.33 bits per heavy atom. The summed E-state index contributed by atoms with van der Waals surface area (Å²) in [6.45, 7) is 0. The van der Waals surface area contributed by atoms with Crippen molar-refractivity contribution in [3.63, 3.8) is 0 Å². The topological polar surface area (TPSA) is 36.1 Å². The van der Waals surface area contributed by atoms with Crippen molar-refractivity contribution in [1.29, 1.82) is 0 Å². The van der Waals surface area contributed by atoms with Crippen LogP contribution in [-0.4, -0.2) is 22.6 Å². The third-order valence-corrected chi connectivity index (χ3v) is 0.667. The second kappa shape index (κ2) is 1.68. The second-order valence-corrected chi connectivity index (χ2v) is 1.08. The molecule has 27 valence electrons. The van der Waals surface area contributed by atoms with E-state index in [4.69, 9.17) is 7.98 Å². The number of nitrogens with one attached hydrogen (secondary N) is 3. The van der Waals surface area contributed by atoms with Gasteiger partial charge in [-0.3, -0.25) is 0 Å². The highest BCUT2D eigenvalue weighted by Gasteiger charge is 2.19. The van der Waals surface area contributed by atoms with Crippen LogP contribution in [0.4, 0.5) is 0 Å². The van der Waals surface area contributed by atoms with Gasteiger partial charge in [0.05, 0.1) is 0 Å². The largest absolute Gasteiger partial charge is 0.381 e. The summed E-state index contributed by atoms with van der Waals surface area (Å²) in [4.78, 5) is 0. The maximum Gasteiger partial charge on any atom is 0.361 e. The van der Waals surface area contributed by atoms with Crippen molar-refractivity contribution >= 4 is 22.6 Å². The fourth-order valence-electron chi connectivity index (χ4n) is 0.263. The Morgan fingerprint density at radius 1 is 1.67 bits per heavy atom. The minimum absolute atomic E-state index is 0.0880. The predicted octanol–water partition coefficient (Wildman–Crippen LogP) is -2.63. The van der Waals surface area contributed by atoms with Gasteiger partial charge in [-0.05, 0) is 0 Å². The molecule has 0 unspecified atom stereocenters. The molecule has 3 N–H and O–H groups in total.